The Morgan fingerprint density at radius 2 is 1.93 bits per heavy atom. The lowest BCUT2D eigenvalue weighted by atomic mass is 10.1. The van der Waals surface area contributed by atoms with Gasteiger partial charge in [0, 0.05) is 18.3 Å². The summed E-state index contributed by atoms with van der Waals surface area (Å²) in [6.45, 7) is 1.90. The zero-order valence-electron chi connectivity index (χ0n) is 15.0. The van der Waals surface area contributed by atoms with Crippen molar-refractivity contribution in [1.29, 1.82) is 0 Å². The lowest BCUT2D eigenvalue weighted by Gasteiger charge is -2.18. The van der Waals surface area contributed by atoms with Gasteiger partial charge in [0.25, 0.3) is 0 Å². The second kappa shape index (κ2) is 9.46. The molecule has 0 amide bonds. The van der Waals surface area contributed by atoms with Gasteiger partial charge in [-0.1, -0.05) is 18.7 Å². The average molecular weight is 437 g/mol. The highest BCUT2D eigenvalue weighted by molar-refractivity contribution is 7.99. The van der Waals surface area contributed by atoms with Gasteiger partial charge < -0.3 is 40.3 Å². The summed E-state index contributed by atoms with van der Waals surface area (Å²) in [4.78, 5) is 34.6. The topological polar surface area (TPSA) is 208 Å². The number of hydrogen-bond acceptors (Lipinski definition) is 9. The summed E-state index contributed by atoms with van der Waals surface area (Å²) >= 11 is 1.52. The quantitative estimate of drug-likeness (QED) is 0.175. The number of anilines is 1. The summed E-state index contributed by atoms with van der Waals surface area (Å²) < 4.78 is 10.6. The van der Waals surface area contributed by atoms with Crippen molar-refractivity contribution < 1.29 is 34.6 Å². The lowest BCUT2D eigenvalue weighted by molar-refractivity contribution is -0.00371. The molecule has 1 fully saturated rings. The summed E-state index contributed by atoms with van der Waals surface area (Å²) in [6.07, 6.45) is 1.07. The van der Waals surface area contributed by atoms with Crippen LogP contribution in [0.4, 0.5) is 5.82 Å². The van der Waals surface area contributed by atoms with Crippen LogP contribution in [0.25, 0.3) is 11.2 Å². The van der Waals surface area contributed by atoms with Crippen LogP contribution < -0.4 is 5.73 Å². The molecule has 0 aliphatic heterocycles. The molecule has 1 aliphatic carbocycles. The van der Waals surface area contributed by atoms with E-state index in [9.17, 15) is 15.3 Å². The maximum absolute atomic E-state index is 10.3. The van der Waals surface area contributed by atoms with E-state index in [1.807, 2.05) is 0 Å². The number of aliphatic hydroxyl groups excluding tert-OH is 3. The van der Waals surface area contributed by atoms with Crippen molar-refractivity contribution >= 4 is 36.6 Å². The molecule has 8 N–H and O–H groups in total. The summed E-state index contributed by atoms with van der Waals surface area (Å²) in [6, 6.07) is -0.398. The van der Waals surface area contributed by atoms with Gasteiger partial charge in [0.15, 0.2) is 16.6 Å². The fraction of sp³-hybridized carbons (Fsp3) is 0.643. The van der Waals surface area contributed by atoms with Crippen molar-refractivity contribution in [2.75, 3.05) is 18.1 Å². The Morgan fingerprint density at radius 3 is 2.46 bits per heavy atom. The predicted molar refractivity (Wildman–Crippen MR) is 101 cm³/mol. The minimum absolute atomic E-state index is 0.171. The number of aromatic nitrogens is 4. The largest absolute Gasteiger partial charge is 0.466 e. The summed E-state index contributed by atoms with van der Waals surface area (Å²) in [5, 5.41) is 30.2. The Hall–Kier alpha value is -1.31. The third-order valence-electron chi connectivity index (χ3n) is 4.23. The van der Waals surface area contributed by atoms with E-state index in [0.29, 0.717) is 28.6 Å². The fourth-order valence-electron chi connectivity index (χ4n) is 2.97. The first kappa shape index (κ1) is 23.0. The van der Waals surface area contributed by atoms with Crippen LogP contribution in [0.3, 0.4) is 0 Å². The van der Waals surface area contributed by atoms with Crippen LogP contribution in [0.2, 0.25) is 0 Å². The molecule has 0 radical (unpaired) electrons. The number of nitrogens with zero attached hydrogens (tertiary/aromatic N) is 4. The number of phosphoric acid groups is 1. The van der Waals surface area contributed by atoms with Gasteiger partial charge in [-0.3, -0.25) is 0 Å². The maximum Gasteiger partial charge on any atom is 0.466 e. The molecule has 2 aromatic heterocycles. The molecule has 158 valence electrons. The molecule has 4 unspecified atom stereocenters. The van der Waals surface area contributed by atoms with Crippen molar-refractivity contribution in [3.8, 4) is 0 Å². The average Bonchev–Trinajstić information content (AvgIpc) is 3.14. The first-order chi connectivity index (χ1) is 13.1. The van der Waals surface area contributed by atoms with Crippen LogP contribution in [0.15, 0.2) is 11.5 Å². The first-order valence-electron chi connectivity index (χ1n) is 8.44. The van der Waals surface area contributed by atoms with Gasteiger partial charge >= 0.3 is 7.82 Å². The molecule has 0 saturated heterocycles. The molecule has 0 aromatic carbocycles. The molecule has 28 heavy (non-hydrogen) atoms. The minimum Gasteiger partial charge on any atom is -0.396 e. The maximum atomic E-state index is 10.3. The normalized spacial score (nSPS) is 25.0. The number of rotatable bonds is 5. The third kappa shape index (κ3) is 5.61. The number of fused-ring (bicyclic) bond motifs is 1. The van der Waals surface area contributed by atoms with Crippen molar-refractivity contribution in [3.05, 3.63) is 6.33 Å². The second-order valence-electron chi connectivity index (χ2n) is 6.30. The van der Waals surface area contributed by atoms with Crippen LogP contribution >= 0.6 is 19.6 Å². The minimum atomic E-state index is -4.64. The Kier molecular flexibility index (Phi) is 7.76. The number of aliphatic hydroxyl groups is 3. The van der Waals surface area contributed by atoms with Crippen molar-refractivity contribution in [3.63, 3.8) is 0 Å². The van der Waals surface area contributed by atoms with E-state index < -0.39 is 26.1 Å². The fourth-order valence-corrected chi connectivity index (χ4v) is 3.67. The van der Waals surface area contributed by atoms with Crippen molar-refractivity contribution in [1.82, 2.24) is 19.5 Å². The molecule has 12 nitrogen and oxygen atoms in total. The predicted octanol–water partition coefficient (Wildman–Crippen LogP) is -0.743. The van der Waals surface area contributed by atoms with Gasteiger partial charge in [0.1, 0.15) is 11.6 Å². The Morgan fingerprint density at radius 1 is 1.29 bits per heavy atom. The van der Waals surface area contributed by atoms with E-state index in [4.69, 9.17) is 25.0 Å². The van der Waals surface area contributed by atoms with E-state index in [2.05, 4.69) is 21.9 Å². The van der Waals surface area contributed by atoms with Crippen LogP contribution in [0.5, 0.6) is 0 Å². The second-order valence-corrected chi connectivity index (χ2v) is 8.39. The molecule has 0 spiro atoms. The standard InChI is InChI=1S/C14H21N5O3S.H3O4P/c1-2-3-23-14-17-12(15)9-13(18-14)19(6-16-9)8-4-7(5-20)10(21)11(8)22;1-5(2,3)4/h6-8,10-11,20-22H,2-5H2,1H3,(H2,15,17,18);(H3,1,2,3,4). The number of nitrogens with two attached hydrogens (primary N) is 1. The Balaban J connectivity index is 0.000000500. The van der Waals surface area contributed by atoms with Crippen LogP contribution in [0.1, 0.15) is 25.8 Å². The SMILES string of the molecule is CCCSc1nc(N)c2ncn(C3CC(CO)C(O)C3O)c2n1.O=P(O)(O)O. The van der Waals surface area contributed by atoms with Crippen molar-refractivity contribution in [2.24, 2.45) is 5.92 Å². The zero-order chi connectivity index (χ0) is 21.1. The molecular formula is C14H24N5O7PS. The number of thioether (sulfide) groups is 1. The van der Waals surface area contributed by atoms with E-state index >= 15 is 0 Å². The number of imidazole rings is 1. The summed E-state index contributed by atoms with van der Waals surface area (Å²) in [7, 11) is -4.64. The third-order valence-corrected chi connectivity index (χ3v) is 5.28. The van der Waals surface area contributed by atoms with Gasteiger partial charge in [-0.2, -0.15) is 0 Å². The molecule has 0 bridgehead atoms. The molecule has 14 heteroatoms. The van der Waals surface area contributed by atoms with Crippen LogP contribution in [-0.2, 0) is 4.57 Å². The molecule has 1 saturated carbocycles. The lowest BCUT2D eigenvalue weighted by Crippen LogP contribution is -2.30. The highest BCUT2D eigenvalue weighted by Crippen LogP contribution is 2.37. The Bertz CT molecular complexity index is 839. The van der Waals surface area contributed by atoms with Crippen LogP contribution in [0, 0.1) is 5.92 Å². The van der Waals surface area contributed by atoms with E-state index in [0.717, 1.165) is 12.2 Å². The molecule has 2 heterocycles. The van der Waals surface area contributed by atoms with Crippen molar-refractivity contribution in [2.45, 2.75) is 43.2 Å². The van der Waals surface area contributed by atoms with E-state index in [1.54, 1.807) is 10.9 Å². The van der Waals surface area contributed by atoms with Gasteiger partial charge in [-0.05, 0) is 12.8 Å². The van der Waals surface area contributed by atoms with Crippen LogP contribution in [-0.4, -0.2) is 74.1 Å². The van der Waals surface area contributed by atoms with Gasteiger partial charge in [-0.15, -0.1) is 0 Å². The number of hydrogen-bond donors (Lipinski definition) is 7. The summed E-state index contributed by atoms with van der Waals surface area (Å²) in [5.41, 5.74) is 7.00. The number of nitrogen functional groups attached to an aromatic ring is 1. The molecule has 4 atom stereocenters. The molecule has 3 rings (SSSR count). The van der Waals surface area contributed by atoms with Gasteiger partial charge in [0.05, 0.1) is 18.5 Å². The van der Waals surface area contributed by atoms with E-state index in [-0.39, 0.29) is 12.5 Å². The highest BCUT2D eigenvalue weighted by atomic mass is 32.2. The smallest absolute Gasteiger partial charge is 0.396 e. The Labute approximate surface area is 164 Å². The molecular weight excluding hydrogens is 413 g/mol. The first-order valence-corrected chi connectivity index (χ1v) is 11.0. The van der Waals surface area contributed by atoms with E-state index in [1.165, 1.54) is 11.8 Å². The molecule has 2 aromatic rings. The highest BCUT2D eigenvalue weighted by Gasteiger charge is 2.42. The van der Waals surface area contributed by atoms with Gasteiger partial charge in [0.2, 0.25) is 0 Å². The monoisotopic (exact) mass is 437 g/mol. The summed E-state index contributed by atoms with van der Waals surface area (Å²) in [5.74, 6) is 0.829. The van der Waals surface area contributed by atoms with Gasteiger partial charge in [-0.25, -0.2) is 19.5 Å². The molecule has 1 aliphatic rings. The zero-order valence-corrected chi connectivity index (χ0v) is 16.7.